The topological polar surface area (TPSA) is 130 Å². The van der Waals surface area contributed by atoms with Crippen molar-refractivity contribution in [3.63, 3.8) is 0 Å². The Bertz CT molecular complexity index is 1120. The third kappa shape index (κ3) is 4.71. The average molecular weight is 413 g/mol. The van der Waals surface area contributed by atoms with Crippen LogP contribution in [0.2, 0.25) is 5.02 Å². The minimum absolute atomic E-state index is 0.101. The Morgan fingerprint density at radius 2 is 1.90 bits per heavy atom. The third-order valence-electron chi connectivity index (χ3n) is 3.68. The molecule has 1 heterocycles. The van der Waals surface area contributed by atoms with E-state index in [9.17, 15) is 4.79 Å². The lowest BCUT2D eigenvalue weighted by molar-refractivity contribution is 0.377. The first-order chi connectivity index (χ1) is 14.0. The normalized spacial score (nSPS) is 10.7. The second-order valence-corrected chi connectivity index (χ2v) is 6.04. The van der Waals surface area contributed by atoms with Crippen molar-refractivity contribution in [2.75, 3.05) is 7.11 Å². The number of hydrogen-bond acceptors (Lipinski definition) is 6. The lowest BCUT2D eigenvalue weighted by Crippen LogP contribution is -2.21. The van der Waals surface area contributed by atoms with Crippen LogP contribution in [0.15, 0.2) is 69.7 Å². The number of ether oxygens (including phenoxy) is 2. The highest BCUT2D eigenvalue weighted by Gasteiger charge is 2.14. The lowest BCUT2D eigenvalue weighted by Gasteiger charge is -2.12. The summed E-state index contributed by atoms with van der Waals surface area (Å²) in [6.07, 6.45) is 2.81. The quantitative estimate of drug-likeness (QED) is 0.363. The fraction of sp³-hybridized carbons (Fsp3) is 0.0526. The van der Waals surface area contributed by atoms with Crippen LogP contribution >= 0.6 is 11.6 Å². The van der Waals surface area contributed by atoms with E-state index in [1.54, 1.807) is 42.5 Å². The maximum absolute atomic E-state index is 12.6. The van der Waals surface area contributed by atoms with Gasteiger partial charge in [0.25, 0.3) is 5.56 Å². The predicted molar refractivity (Wildman–Crippen MR) is 111 cm³/mol. The first kappa shape index (κ1) is 19.9. The molecule has 1 aromatic heterocycles. The van der Waals surface area contributed by atoms with E-state index in [2.05, 4.69) is 15.3 Å². The number of aromatic nitrogens is 2. The van der Waals surface area contributed by atoms with Crippen LogP contribution in [0.4, 0.5) is 0 Å². The molecule has 0 radical (unpaired) electrons. The van der Waals surface area contributed by atoms with Crippen LogP contribution < -0.4 is 26.5 Å². The van der Waals surface area contributed by atoms with Crippen LogP contribution in [0.3, 0.4) is 0 Å². The average Bonchev–Trinajstić information content (AvgIpc) is 2.72. The SMILES string of the molecule is COc1cc(C=NN=C(N)N)ccc1Oc1cnn(-c2ccccc2)c(=O)c1Cl. The van der Waals surface area contributed by atoms with Gasteiger partial charge in [-0.05, 0) is 35.9 Å². The highest BCUT2D eigenvalue weighted by atomic mass is 35.5. The maximum Gasteiger partial charge on any atom is 0.294 e. The number of hydrogen-bond donors (Lipinski definition) is 2. The number of methoxy groups -OCH3 is 1. The van der Waals surface area contributed by atoms with E-state index in [0.29, 0.717) is 22.7 Å². The Labute approximate surface area is 170 Å². The van der Waals surface area contributed by atoms with E-state index in [4.69, 9.17) is 32.5 Å². The van der Waals surface area contributed by atoms with Crippen molar-refractivity contribution in [2.24, 2.45) is 21.7 Å². The zero-order valence-corrected chi connectivity index (χ0v) is 16.1. The van der Waals surface area contributed by atoms with Gasteiger partial charge >= 0.3 is 0 Å². The molecule has 0 fully saturated rings. The van der Waals surface area contributed by atoms with E-state index in [-0.39, 0.29) is 16.7 Å². The first-order valence-electron chi connectivity index (χ1n) is 8.30. The summed E-state index contributed by atoms with van der Waals surface area (Å²) in [7, 11) is 1.48. The molecule has 0 saturated heterocycles. The van der Waals surface area contributed by atoms with Crippen LogP contribution in [-0.4, -0.2) is 29.1 Å². The molecular weight excluding hydrogens is 396 g/mol. The van der Waals surface area contributed by atoms with Crippen LogP contribution in [-0.2, 0) is 0 Å². The van der Waals surface area contributed by atoms with Gasteiger partial charge in [0.05, 0.1) is 25.2 Å². The molecule has 0 spiro atoms. The molecule has 0 unspecified atom stereocenters. The number of para-hydroxylation sites is 1. The monoisotopic (exact) mass is 412 g/mol. The summed E-state index contributed by atoms with van der Waals surface area (Å²) < 4.78 is 12.3. The number of rotatable bonds is 6. The molecule has 29 heavy (non-hydrogen) atoms. The van der Waals surface area contributed by atoms with E-state index in [1.807, 2.05) is 6.07 Å². The van der Waals surface area contributed by atoms with E-state index in [1.165, 1.54) is 24.2 Å². The van der Waals surface area contributed by atoms with Gasteiger partial charge in [-0.25, -0.2) is 0 Å². The largest absolute Gasteiger partial charge is 0.493 e. The molecule has 0 bridgehead atoms. The van der Waals surface area contributed by atoms with Gasteiger partial charge in [0, 0.05) is 0 Å². The van der Waals surface area contributed by atoms with Crippen molar-refractivity contribution in [3.05, 3.63) is 75.7 Å². The second-order valence-electron chi connectivity index (χ2n) is 5.66. The van der Waals surface area contributed by atoms with Crippen LogP contribution in [0.25, 0.3) is 5.69 Å². The van der Waals surface area contributed by atoms with Crippen molar-refractivity contribution < 1.29 is 9.47 Å². The zero-order valence-electron chi connectivity index (χ0n) is 15.3. The van der Waals surface area contributed by atoms with Gasteiger partial charge in [-0.2, -0.15) is 14.9 Å². The molecule has 4 N–H and O–H groups in total. The van der Waals surface area contributed by atoms with Gasteiger partial charge in [0.2, 0.25) is 5.96 Å². The molecule has 2 aromatic carbocycles. The van der Waals surface area contributed by atoms with Gasteiger partial charge in [-0.3, -0.25) is 4.79 Å². The number of nitrogens with zero attached hydrogens (tertiary/aromatic N) is 4. The lowest BCUT2D eigenvalue weighted by atomic mass is 10.2. The molecule has 0 saturated carbocycles. The minimum Gasteiger partial charge on any atom is -0.493 e. The molecule has 0 amide bonds. The van der Waals surface area contributed by atoms with Crippen molar-refractivity contribution in [1.82, 2.24) is 9.78 Å². The molecule has 0 aliphatic carbocycles. The highest BCUT2D eigenvalue weighted by molar-refractivity contribution is 6.31. The van der Waals surface area contributed by atoms with Crippen molar-refractivity contribution in [1.29, 1.82) is 0 Å². The van der Waals surface area contributed by atoms with Gasteiger partial charge in [-0.15, -0.1) is 5.10 Å². The molecular formula is C19H17ClN6O3. The molecule has 0 aliphatic heterocycles. The van der Waals surface area contributed by atoms with Crippen molar-refractivity contribution >= 4 is 23.8 Å². The molecule has 10 heteroatoms. The summed E-state index contributed by atoms with van der Waals surface area (Å²) in [6.45, 7) is 0. The molecule has 0 aliphatic rings. The molecule has 0 atom stereocenters. The first-order valence-corrected chi connectivity index (χ1v) is 8.68. The predicted octanol–water partition coefficient (Wildman–Crippen LogP) is 2.29. The summed E-state index contributed by atoms with van der Waals surface area (Å²) in [5, 5.41) is 11.3. The number of benzene rings is 2. The Kier molecular flexibility index (Phi) is 6.10. The zero-order chi connectivity index (χ0) is 20.8. The second kappa shape index (κ2) is 8.89. The van der Waals surface area contributed by atoms with Gasteiger partial charge in [0.15, 0.2) is 22.3 Å². The summed E-state index contributed by atoms with van der Waals surface area (Å²) >= 11 is 6.22. The molecule has 148 valence electrons. The molecule has 3 rings (SSSR count). The summed E-state index contributed by atoms with van der Waals surface area (Å²) in [5.41, 5.74) is 11.2. The highest BCUT2D eigenvalue weighted by Crippen LogP contribution is 2.34. The van der Waals surface area contributed by atoms with Gasteiger partial charge in [-0.1, -0.05) is 29.8 Å². The minimum atomic E-state index is -0.504. The number of halogens is 1. The number of nitrogens with two attached hydrogens (primary N) is 2. The van der Waals surface area contributed by atoms with Gasteiger partial charge < -0.3 is 20.9 Å². The Hall–Kier alpha value is -3.85. The fourth-order valence-electron chi connectivity index (χ4n) is 2.37. The van der Waals surface area contributed by atoms with Crippen LogP contribution in [0.1, 0.15) is 5.56 Å². The smallest absolute Gasteiger partial charge is 0.294 e. The Balaban J connectivity index is 1.90. The van der Waals surface area contributed by atoms with Crippen molar-refractivity contribution in [3.8, 4) is 22.9 Å². The Morgan fingerprint density at radius 3 is 2.59 bits per heavy atom. The Morgan fingerprint density at radius 1 is 1.14 bits per heavy atom. The third-order valence-corrected chi connectivity index (χ3v) is 4.02. The molecule has 9 nitrogen and oxygen atoms in total. The summed E-state index contributed by atoms with van der Waals surface area (Å²) in [5.74, 6) is 0.679. The maximum atomic E-state index is 12.6. The van der Waals surface area contributed by atoms with Crippen molar-refractivity contribution in [2.45, 2.75) is 0 Å². The van der Waals surface area contributed by atoms with E-state index >= 15 is 0 Å². The fourth-order valence-corrected chi connectivity index (χ4v) is 2.54. The summed E-state index contributed by atoms with van der Waals surface area (Å²) in [4.78, 5) is 12.6. The summed E-state index contributed by atoms with van der Waals surface area (Å²) in [6, 6.07) is 13.9. The number of guanidine groups is 1. The van der Waals surface area contributed by atoms with E-state index in [0.717, 1.165) is 0 Å². The van der Waals surface area contributed by atoms with Crippen LogP contribution in [0.5, 0.6) is 17.2 Å². The van der Waals surface area contributed by atoms with Crippen LogP contribution in [0, 0.1) is 0 Å². The standard InChI is InChI=1S/C19H17ClN6O3/c1-28-15-9-12(10-23-25-19(21)22)7-8-14(15)29-16-11-24-26(18(27)17(16)20)13-5-3-2-4-6-13/h2-11H,1H3,(H4,21,22,25). The molecule has 3 aromatic rings. The van der Waals surface area contributed by atoms with Gasteiger partial charge in [0.1, 0.15) is 0 Å². The van der Waals surface area contributed by atoms with E-state index < -0.39 is 5.56 Å².